The van der Waals surface area contributed by atoms with Gasteiger partial charge in [0.05, 0.1) is 0 Å². The van der Waals surface area contributed by atoms with Crippen molar-refractivity contribution >= 4 is 0 Å². The zero-order valence-electron chi connectivity index (χ0n) is 21.9. The van der Waals surface area contributed by atoms with E-state index in [1.807, 2.05) is 0 Å². The van der Waals surface area contributed by atoms with Gasteiger partial charge in [0, 0.05) is 5.92 Å². The molecule has 0 amide bonds. The van der Waals surface area contributed by atoms with Crippen LogP contribution in [0.1, 0.15) is 135 Å². The molecule has 0 saturated carbocycles. The second-order valence-electron chi connectivity index (χ2n) is 10.2. The van der Waals surface area contributed by atoms with Gasteiger partial charge in [0.1, 0.15) is 18.4 Å². The van der Waals surface area contributed by atoms with Crippen molar-refractivity contribution in [2.75, 3.05) is 0 Å². The lowest BCUT2D eigenvalue weighted by atomic mass is 9.85. The molecule has 33 heavy (non-hydrogen) atoms. The summed E-state index contributed by atoms with van der Waals surface area (Å²) in [6, 6.07) is 11.7. The van der Waals surface area contributed by atoms with Gasteiger partial charge < -0.3 is 0 Å². The van der Waals surface area contributed by atoms with Gasteiger partial charge in [0.15, 0.2) is 0 Å². The summed E-state index contributed by atoms with van der Waals surface area (Å²) in [6.45, 7) is 4.62. The number of hydrogen-bond acceptors (Lipinski definition) is 0. The number of imidazole rings is 1. The van der Waals surface area contributed by atoms with Gasteiger partial charge >= 0.3 is 0 Å². The average Bonchev–Trinajstić information content (AvgIpc) is 3.37. The quantitative estimate of drug-likeness (QED) is 0.143. The fourth-order valence-electron chi connectivity index (χ4n) is 5.32. The first-order valence-electron chi connectivity index (χ1n) is 14.4. The van der Waals surface area contributed by atoms with E-state index >= 15 is 0 Å². The summed E-state index contributed by atoms with van der Waals surface area (Å²) in [5, 5.41) is 0. The van der Waals surface area contributed by atoms with E-state index in [1.165, 1.54) is 121 Å². The topological polar surface area (TPSA) is 19.7 Å². The van der Waals surface area contributed by atoms with Crippen molar-refractivity contribution in [1.82, 2.24) is 4.98 Å². The number of nitrogens with zero attached hydrogens (tertiary/aromatic N) is 1. The summed E-state index contributed by atoms with van der Waals surface area (Å²) in [5.74, 6) is 0.713. The van der Waals surface area contributed by atoms with Crippen LogP contribution in [0.3, 0.4) is 0 Å². The van der Waals surface area contributed by atoms with Crippen LogP contribution in [0.2, 0.25) is 0 Å². The smallest absolute Gasteiger partial charge is 0.241 e. The van der Waals surface area contributed by atoms with Crippen molar-refractivity contribution in [3.63, 3.8) is 0 Å². The Labute approximate surface area is 205 Å². The Hall–Kier alpha value is -1.57. The fourth-order valence-corrected chi connectivity index (χ4v) is 5.32. The lowest BCUT2D eigenvalue weighted by molar-refractivity contribution is -0.730. The lowest BCUT2D eigenvalue weighted by Crippen LogP contribution is -2.42. The predicted octanol–water partition coefficient (Wildman–Crippen LogP) is 9.37. The molecule has 0 bridgehead atoms. The number of hydrogen-bond donors (Lipinski definition) is 1. The molecule has 0 spiro atoms. The molecular formula is C31H53N2+. The standard InChI is InChI=1S/C31H52N2/c1-3-5-7-8-9-10-11-12-13-14-15-16-20-24-31(33-26-25-32-28-33)30(23-6-4-2)27-29-21-18-17-19-22-29/h17-19,21-22,25-26,28,30-31H,3-16,20,23-24,27H2,1-2H3/p+1. The molecule has 2 nitrogen and oxygen atoms in total. The Balaban J connectivity index is 1.69. The van der Waals surface area contributed by atoms with Crippen LogP contribution in [0.25, 0.3) is 0 Å². The molecule has 1 heterocycles. The van der Waals surface area contributed by atoms with Gasteiger partial charge in [-0.05, 0) is 31.2 Å². The van der Waals surface area contributed by atoms with E-state index in [1.54, 1.807) is 0 Å². The van der Waals surface area contributed by atoms with E-state index in [4.69, 9.17) is 0 Å². The number of aromatic nitrogens is 2. The van der Waals surface area contributed by atoms with Gasteiger partial charge in [0.2, 0.25) is 6.33 Å². The molecule has 1 aromatic heterocycles. The highest BCUT2D eigenvalue weighted by molar-refractivity contribution is 5.15. The van der Waals surface area contributed by atoms with Crippen LogP contribution in [-0.4, -0.2) is 4.98 Å². The van der Waals surface area contributed by atoms with Crippen LogP contribution in [-0.2, 0) is 6.42 Å². The highest BCUT2D eigenvalue weighted by Crippen LogP contribution is 2.28. The molecule has 2 rings (SSSR count). The molecule has 2 unspecified atom stereocenters. The number of H-pyrrole nitrogens is 1. The first kappa shape index (κ1) is 27.7. The zero-order chi connectivity index (χ0) is 23.4. The lowest BCUT2D eigenvalue weighted by Gasteiger charge is -2.25. The van der Waals surface area contributed by atoms with E-state index < -0.39 is 0 Å². The molecule has 1 aromatic carbocycles. The Morgan fingerprint density at radius 2 is 1.24 bits per heavy atom. The second kappa shape index (κ2) is 18.8. The van der Waals surface area contributed by atoms with Crippen LogP contribution in [0.15, 0.2) is 49.1 Å². The van der Waals surface area contributed by atoms with Crippen LogP contribution in [0, 0.1) is 5.92 Å². The van der Waals surface area contributed by atoms with Crippen molar-refractivity contribution in [3.05, 3.63) is 54.6 Å². The average molecular weight is 454 g/mol. The van der Waals surface area contributed by atoms with Crippen molar-refractivity contribution < 1.29 is 4.57 Å². The van der Waals surface area contributed by atoms with Crippen molar-refractivity contribution in [2.24, 2.45) is 5.92 Å². The molecule has 0 saturated heterocycles. The van der Waals surface area contributed by atoms with Crippen LogP contribution < -0.4 is 4.57 Å². The molecule has 2 atom stereocenters. The highest BCUT2D eigenvalue weighted by Gasteiger charge is 2.26. The largest absolute Gasteiger partial charge is 0.250 e. The monoisotopic (exact) mass is 453 g/mol. The van der Waals surface area contributed by atoms with E-state index in [9.17, 15) is 0 Å². The van der Waals surface area contributed by atoms with Gasteiger partial charge in [0.25, 0.3) is 0 Å². The summed E-state index contributed by atoms with van der Waals surface area (Å²) in [7, 11) is 0. The molecule has 1 N–H and O–H groups in total. The van der Waals surface area contributed by atoms with Gasteiger partial charge in [-0.15, -0.1) is 0 Å². The minimum atomic E-state index is 0.607. The van der Waals surface area contributed by atoms with Crippen molar-refractivity contribution in [2.45, 2.75) is 135 Å². The first-order chi connectivity index (χ1) is 16.3. The van der Waals surface area contributed by atoms with Gasteiger partial charge in [-0.25, -0.2) is 4.57 Å². The number of unbranched alkanes of at least 4 members (excludes halogenated alkanes) is 13. The summed E-state index contributed by atoms with van der Waals surface area (Å²) < 4.78 is 2.46. The van der Waals surface area contributed by atoms with Crippen LogP contribution in [0.5, 0.6) is 0 Å². The zero-order valence-corrected chi connectivity index (χ0v) is 21.9. The number of benzene rings is 1. The molecule has 0 aliphatic rings. The molecule has 0 radical (unpaired) electrons. The van der Waals surface area contributed by atoms with Crippen molar-refractivity contribution in [1.29, 1.82) is 0 Å². The molecule has 0 aliphatic heterocycles. The third-order valence-electron chi connectivity index (χ3n) is 7.37. The van der Waals surface area contributed by atoms with E-state index in [0.29, 0.717) is 12.0 Å². The van der Waals surface area contributed by atoms with Crippen LogP contribution >= 0.6 is 0 Å². The van der Waals surface area contributed by atoms with E-state index in [0.717, 1.165) is 0 Å². The van der Waals surface area contributed by atoms with Crippen LogP contribution in [0.4, 0.5) is 0 Å². The normalized spacial score (nSPS) is 13.3. The summed E-state index contributed by atoms with van der Waals surface area (Å²) in [4.78, 5) is 3.30. The Bertz CT molecular complexity index is 649. The molecule has 186 valence electrons. The maximum Gasteiger partial charge on any atom is 0.241 e. The summed E-state index contributed by atoms with van der Waals surface area (Å²) in [6.07, 6.45) is 31.5. The Kier molecular flexibility index (Phi) is 15.8. The predicted molar refractivity (Wildman–Crippen MR) is 143 cm³/mol. The molecule has 2 heteroatoms. The van der Waals surface area contributed by atoms with E-state index in [2.05, 4.69) is 72.5 Å². The maximum atomic E-state index is 3.30. The SMILES string of the molecule is CCCCCCCCCCCCCCCC(C(CCCC)Cc1ccccc1)[n+]1cc[nH]c1. The molecule has 0 fully saturated rings. The Morgan fingerprint density at radius 3 is 1.79 bits per heavy atom. The third kappa shape index (κ3) is 12.5. The Morgan fingerprint density at radius 1 is 0.667 bits per heavy atom. The van der Waals surface area contributed by atoms with Gasteiger partial charge in [-0.2, -0.15) is 0 Å². The summed E-state index contributed by atoms with van der Waals surface area (Å²) >= 11 is 0. The number of aromatic amines is 1. The summed E-state index contributed by atoms with van der Waals surface area (Å²) in [5.41, 5.74) is 1.49. The highest BCUT2D eigenvalue weighted by atomic mass is 15.1. The molecule has 0 aliphatic carbocycles. The maximum absolute atomic E-state index is 3.30. The van der Waals surface area contributed by atoms with Gasteiger partial charge in [-0.3, -0.25) is 4.98 Å². The van der Waals surface area contributed by atoms with E-state index in [-0.39, 0.29) is 0 Å². The second-order valence-corrected chi connectivity index (χ2v) is 10.2. The fraction of sp³-hybridized carbons (Fsp3) is 0.710. The van der Waals surface area contributed by atoms with Gasteiger partial charge in [-0.1, -0.05) is 134 Å². The minimum absolute atomic E-state index is 0.607. The molecular weight excluding hydrogens is 400 g/mol. The van der Waals surface area contributed by atoms with Crippen molar-refractivity contribution in [3.8, 4) is 0 Å². The number of nitrogens with one attached hydrogen (secondary N) is 1. The third-order valence-corrected chi connectivity index (χ3v) is 7.37. The number of rotatable bonds is 21. The first-order valence-corrected chi connectivity index (χ1v) is 14.4. The minimum Gasteiger partial charge on any atom is -0.250 e. The molecule has 2 aromatic rings.